The third-order valence-corrected chi connectivity index (χ3v) is 5.33. The van der Waals surface area contributed by atoms with Crippen molar-refractivity contribution in [2.45, 2.75) is 25.8 Å². The van der Waals surface area contributed by atoms with Crippen LogP contribution in [-0.4, -0.2) is 33.4 Å². The first-order valence-corrected chi connectivity index (χ1v) is 8.61. The molecular formula is C16H19N5OS. The van der Waals surface area contributed by atoms with Gasteiger partial charge in [-0.2, -0.15) is 5.10 Å². The monoisotopic (exact) mass is 329 g/mol. The molecule has 0 bridgehead atoms. The van der Waals surface area contributed by atoms with E-state index in [1.807, 2.05) is 11.7 Å². The van der Waals surface area contributed by atoms with Crippen LogP contribution in [0, 0.1) is 6.92 Å². The smallest absolute Gasteiger partial charge is 0.216 e. The van der Waals surface area contributed by atoms with Crippen molar-refractivity contribution in [2.75, 3.05) is 18.6 Å². The predicted molar refractivity (Wildman–Crippen MR) is 91.2 cm³/mol. The van der Waals surface area contributed by atoms with Gasteiger partial charge in [-0.3, -0.25) is 0 Å². The Bertz CT molecular complexity index is 855. The molecule has 1 aliphatic rings. The lowest BCUT2D eigenvalue weighted by Crippen LogP contribution is -2.24. The van der Waals surface area contributed by atoms with E-state index in [4.69, 9.17) is 4.74 Å². The summed E-state index contributed by atoms with van der Waals surface area (Å²) >= 11 is 1.65. The molecular weight excluding hydrogens is 310 g/mol. The van der Waals surface area contributed by atoms with Crippen molar-refractivity contribution in [3.63, 3.8) is 0 Å². The van der Waals surface area contributed by atoms with Crippen LogP contribution >= 0.6 is 11.3 Å². The van der Waals surface area contributed by atoms with Crippen molar-refractivity contribution in [1.29, 1.82) is 0 Å². The van der Waals surface area contributed by atoms with Gasteiger partial charge in [0.25, 0.3) is 0 Å². The average Bonchev–Trinajstić information content (AvgIpc) is 3.24. The molecule has 23 heavy (non-hydrogen) atoms. The van der Waals surface area contributed by atoms with Gasteiger partial charge in [-0.05, 0) is 31.2 Å². The van der Waals surface area contributed by atoms with E-state index >= 15 is 0 Å². The third kappa shape index (κ3) is 2.18. The number of thiophene rings is 1. The predicted octanol–water partition coefficient (Wildman–Crippen LogP) is 3.08. The second-order valence-electron chi connectivity index (χ2n) is 5.82. The summed E-state index contributed by atoms with van der Waals surface area (Å²) in [6.07, 6.45) is 3.88. The Balaban J connectivity index is 1.83. The molecule has 0 amide bonds. The average molecular weight is 329 g/mol. The first-order chi connectivity index (χ1) is 11.2. The molecule has 6 nitrogen and oxygen atoms in total. The van der Waals surface area contributed by atoms with E-state index in [0.29, 0.717) is 0 Å². The molecule has 1 aliphatic heterocycles. The van der Waals surface area contributed by atoms with E-state index in [-0.39, 0.29) is 6.04 Å². The van der Waals surface area contributed by atoms with Gasteiger partial charge in [0.15, 0.2) is 0 Å². The maximum atomic E-state index is 5.61. The van der Waals surface area contributed by atoms with E-state index in [0.717, 1.165) is 47.0 Å². The molecule has 1 atom stereocenters. The van der Waals surface area contributed by atoms with Gasteiger partial charge < -0.3 is 9.64 Å². The highest BCUT2D eigenvalue weighted by molar-refractivity contribution is 7.16. The Morgan fingerprint density at radius 1 is 1.35 bits per heavy atom. The summed E-state index contributed by atoms with van der Waals surface area (Å²) in [4.78, 5) is 12.4. The molecule has 3 aromatic rings. The van der Waals surface area contributed by atoms with Crippen molar-refractivity contribution in [3.8, 4) is 5.88 Å². The Morgan fingerprint density at radius 2 is 2.22 bits per heavy atom. The fourth-order valence-corrected chi connectivity index (χ4v) is 4.33. The minimum atomic E-state index is 0.247. The van der Waals surface area contributed by atoms with Crippen molar-refractivity contribution in [2.24, 2.45) is 7.05 Å². The van der Waals surface area contributed by atoms with Gasteiger partial charge in [0, 0.05) is 13.6 Å². The zero-order valence-electron chi connectivity index (χ0n) is 13.5. The van der Waals surface area contributed by atoms with Crippen LogP contribution in [0.3, 0.4) is 0 Å². The second-order valence-corrected chi connectivity index (χ2v) is 6.71. The number of hydrogen-bond donors (Lipinski definition) is 0. The Kier molecular flexibility index (Phi) is 3.45. The topological polar surface area (TPSA) is 56.1 Å². The van der Waals surface area contributed by atoms with Crippen LogP contribution in [-0.2, 0) is 7.05 Å². The molecule has 3 aromatic heterocycles. The summed E-state index contributed by atoms with van der Waals surface area (Å²) in [6.45, 7) is 3.04. The molecule has 0 spiro atoms. The molecule has 1 fully saturated rings. The number of nitrogens with zero attached hydrogens (tertiary/aromatic N) is 5. The highest BCUT2D eigenvalue weighted by Gasteiger charge is 2.33. The molecule has 1 saturated heterocycles. The minimum absolute atomic E-state index is 0.247. The number of aromatic nitrogens is 4. The highest BCUT2D eigenvalue weighted by atomic mass is 32.1. The van der Waals surface area contributed by atoms with E-state index < -0.39 is 0 Å². The quantitative estimate of drug-likeness (QED) is 0.739. The Hall–Kier alpha value is -2.15. The summed E-state index contributed by atoms with van der Waals surface area (Å²) in [5.74, 6) is 1.86. The summed E-state index contributed by atoms with van der Waals surface area (Å²) in [6, 6.07) is 2.36. The number of anilines is 1. The Labute approximate surface area is 138 Å². The van der Waals surface area contributed by atoms with Gasteiger partial charge >= 0.3 is 0 Å². The van der Waals surface area contributed by atoms with E-state index in [2.05, 4.69) is 38.3 Å². The normalized spacial score (nSPS) is 18.0. The van der Waals surface area contributed by atoms with Crippen LogP contribution in [0.25, 0.3) is 10.2 Å². The van der Waals surface area contributed by atoms with Gasteiger partial charge in [-0.1, -0.05) is 0 Å². The number of rotatable bonds is 3. The molecule has 0 saturated carbocycles. The molecule has 0 radical (unpaired) electrons. The number of aryl methyl sites for hydroxylation is 2. The standard InChI is InChI=1S/C16H19N5OS/c1-10-13(16(22-3)20(2)19-10)12-5-4-7-21(12)14-11-6-8-23-15(11)18-9-17-14/h6,8-9,12H,4-5,7H2,1-3H3/t12-/m0/s1. The van der Waals surface area contributed by atoms with Gasteiger partial charge in [0.2, 0.25) is 5.88 Å². The second kappa shape index (κ2) is 5.49. The van der Waals surface area contributed by atoms with E-state index in [1.165, 1.54) is 5.56 Å². The molecule has 120 valence electrons. The number of fused-ring (bicyclic) bond motifs is 1. The van der Waals surface area contributed by atoms with Crippen molar-refractivity contribution in [3.05, 3.63) is 29.0 Å². The summed E-state index contributed by atoms with van der Waals surface area (Å²) in [5.41, 5.74) is 2.20. The maximum absolute atomic E-state index is 5.61. The summed E-state index contributed by atoms with van der Waals surface area (Å²) in [5, 5.41) is 7.74. The van der Waals surface area contributed by atoms with Crippen molar-refractivity contribution >= 4 is 27.4 Å². The minimum Gasteiger partial charge on any atom is -0.481 e. The van der Waals surface area contributed by atoms with Crippen LogP contribution in [0.5, 0.6) is 5.88 Å². The van der Waals surface area contributed by atoms with E-state index in [9.17, 15) is 0 Å². The van der Waals surface area contributed by atoms with Crippen molar-refractivity contribution < 1.29 is 4.74 Å². The fraction of sp³-hybridized carbons (Fsp3) is 0.438. The zero-order chi connectivity index (χ0) is 16.0. The van der Waals surface area contributed by atoms with Crippen LogP contribution in [0.15, 0.2) is 17.8 Å². The molecule has 4 heterocycles. The third-order valence-electron chi connectivity index (χ3n) is 4.51. The molecule has 0 N–H and O–H groups in total. The van der Waals surface area contributed by atoms with Crippen LogP contribution in [0.1, 0.15) is 30.1 Å². The largest absolute Gasteiger partial charge is 0.481 e. The molecule has 4 rings (SSSR count). The summed E-state index contributed by atoms with van der Waals surface area (Å²) < 4.78 is 7.43. The summed E-state index contributed by atoms with van der Waals surface area (Å²) in [7, 11) is 3.64. The van der Waals surface area contributed by atoms with Crippen LogP contribution < -0.4 is 9.64 Å². The Morgan fingerprint density at radius 3 is 3.04 bits per heavy atom. The van der Waals surface area contributed by atoms with Gasteiger partial charge in [0.1, 0.15) is 17.0 Å². The van der Waals surface area contributed by atoms with Crippen LogP contribution in [0.2, 0.25) is 0 Å². The van der Waals surface area contributed by atoms with Gasteiger partial charge in [-0.15, -0.1) is 11.3 Å². The van der Waals surface area contributed by atoms with Gasteiger partial charge in [-0.25, -0.2) is 14.6 Å². The van der Waals surface area contributed by atoms with Gasteiger partial charge in [0.05, 0.1) is 29.8 Å². The SMILES string of the molecule is COc1c([C@@H]2CCCN2c2ncnc3sccc23)c(C)nn1C. The first-order valence-electron chi connectivity index (χ1n) is 7.73. The first kappa shape index (κ1) is 14.4. The highest BCUT2D eigenvalue weighted by Crippen LogP contribution is 2.42. The number of hydrogen-bond acceptors (Lipinski definition) is 6. The lowest BCUT2D eigenvalue weighted by atomic mass is 10.0. The molecule has 0 unspecified atom stereocenters. The maximum Gasteiger partial charge on any atom is 0.216 e. The van der Waals surface area contributed by atoms with Crippen molar-refractivity contribution in [1.82, 2.24) is 19.7 Å². The molecule has 0 aliphatic carbocycles. The molecule has 0 aromatic carbocycles. The zero-order valence-corrected chi connectivity index (χ0v) is 14.3. The fourth-order valence-electron chi connectivity index (χ4n) is 3.61. The lowest BCUT2D eigenvalue weighted by molar-refractivity contribution is 0.366. The van der Waals surface area contributed by atoms with E-state index in [1.54, 1.807) is 24.8 Å². The molecule has 7 heteroatoms. The number of methoxy groups -OCH3 is 1. The van der Waals surface area contributed by atoms with Crippen LogP contribution in [0.4, 0.5) is 5.82 Å². The lowest BCUT2D eigenvalue weighted by Gasteiger charge is -2.26. The number of ether oxygens (including phenoxy) is 1.